The molecule has 3 heterocycles. The fourth-order valence-corrected chi connectivity index (χ4v) is 3.56. The number of likely N-dealkylation sites (tertiary alicyclic amines) is 1. The maximum atomic E-state index is 6.07. The van der Waals surface area contributed by atoms with Crippen LogP contribution < -0.4 is 10.6 Å². The number of hydrogen-bond acceptors (Lipinski definition) is 6. The number of anilines is 2. The van der Waals surface area contributed by atoms with Crippen LogP contribution in [-0.4, -0.2) is 47.5 Å². The molecule has 0 radical (unpaired) electrons. The Morgan fingerprint density at radius 2 is 2.00 bits per heavy atom. The second-order valence-corrected chi connectivity index (χ2v) is 6.21. The van der Waals surface area contributed by atoms with E-state index in [0.29, 0.717) is 5.82 Å². The SMILES string of the molecule is CN(CCN1CCCC1)c1snc(N)c1-c1ccncc1. The van der Waals surface area contributed by atoms with E-state index < -0.39 is 0 Å². The molecular weight excluding hydrogens is 282 g/mol. The maximum Gasteiger partial charge on any atom is 0.147 e. The molecule has 0 amide bonds. The van der Waals surface area contributed by atoms with Gasteiger partial charge in [0.1, 0.15) is 10.8 Å². The summed E-state index contributed by atoms with van der Waals surface area (Å²) in [7, 11) is 2.12. The van der Waals surface area contributed by atoms with Gasteiger partial charge in [-0.2, -0.15) is 4.37 Å². The van der Waals surface area contributed by atoms with E-state index in [2.05, 4.69) is 26.2 Å². The highest BCUT2D eigenvalue weighted by molar-refractivity contribution is 7.11. The fourth-order valence-electron chi connectivity index (χ4n) is 2.74. The van der Waals surface area contributed by atoms with E-state index >= 15 is 0 Å². The molecule has 6 heteroatoms. The van der Waals surface area contributed by atoms with Crippen LogP contribution in [0.15, 0.2) is 24.5 Å². The molecule has 1 aliphatic heterocycles. The zero-order valence-electron chi connectivity index (χ0n) is 12.3. The van der Waals surface area contributed by atoms with Gasteiger partial charge in [0, 0.05) is 32.5 Å². The molecule has 1 aliphatic rings. The molecule has 2 N–H and O–H groups in total. The van der Waals surface area contributed by atoms with Gasteiger partial charge in [0.15, 0.2) is 0 Å². The van der Waals surface area contributed by atoms with Gasteiger partial charge >= 0.3 is 0 Å². The van der Waals surface area contributed by atoms with Crippen LogP contribution in [0.2, 0.25) is 0 Å². The van der Waals surface area contributed by atoms with E-state index in [4.69, 9.17) is 5.73 Å². The number of nitrogens with two attached hydrogens (primary N) is 1. The van der Waals surface area contributed by atoms with Gasteiger partial charge in [-0.3, -0.25) is 4.98 Å². The third-order valence-electron chi connectivity index (χ3n) is 3.97. The minimum absolute atomic E-state index is 0.606. The van der Waals surface area contributed by atoms with Crippen LogP contribution in [0.5, 0.6) is 0 Å². The van der Waals surface area contributed by atoms with Gasteiger partial charge in [-0.15, -0.1) is 0 Å². The fraction of sp³-hybridized carbons (Fsp3) is 0.467. The average Bonchev–Trinajstić information content (AvgIpc) is 3.15. The highest BCUT2D eigenvalue weighted by Gasteiger charge is 2.18. The average molecular weight is 303 g/mol. The van der Waals surface area contributed by atoms with Crippen molar-refractivity contribution in [1.82, 2.24) is 14.3 Å². The molecule has 2 aromatic rings. The molecule has 5 nitrogen and oxygen atoms in total. The largest absolute Gasteiger partial charge is 0.382 e. The Labute approximate surface area is 129 Å². The summed E-state index contributed by atoms with van der Waals surface area (Å²) in [6.45, 7) is 4.57. The zero-order chi connectivity index (χ0) is 14.7. The minimum Gasteiger partial charge on any atom is -0.382 e. The summed E-state index contributed by atoms with van der Waals surface area (Å²) in [5.74, 6) is 0.606. The normalized spacial score (nSPS) is 15.5. The molecule has 21 heavy (non-hydrogen) atoms. The van der Waals surface area contributed by atoms with Gasteiger partial charge in [-0.1, -0.05) is 0 Å². The lowest BCUT2D eigenvalue weighted by Gasteiger charge is -2.22. The van der Waals surface area contributed by atoms with Crippen LogP contribution in [0, 0.1) is 0 Å². The molecule has 0 saturated carbocycles. The molecule has 1 saturated heterocycles. The quantitative estimate of drug-likeness (QED) is 0.918. The minimum atomic E-state index is 0.606. The second-order valence-electron chi connectivity index (χ2n) is 5.45. The number of rotatable bonds is 5. The molecule has 112 valence electrons. The lowest BCUT2D eigenvalue weighted by atomic mass is 10.1. The summed E-state index contributed by atoms with van der Waals surface area (Å²) < 4.78 is 4.34. The van der Waals surface area contributed by atoms with Crippen molar-refractivity contribution in [3.05, 3.63) is 24.5 Å². The smallest absolute Gasteiger partial charge is 0.147 e. The Morgan fingerprint density at radius 3 is 2.71 bits per heavy atom. The summed E-state index contributed by atoms with van der Waals surface area (Å²) in [6.07, 6.45) is 6.25. The Morgan fingerprint density at radius 1 is 1.29 bits per heavy atom. The number of pyridine rings is 1. The van der Waals surface area contributed by atoms with Crippen molar-refractivity contribution in [3.63, 3.8) is 0 Å². The number of nitrogen functional groups attached to an aromatic ring is 1. The van der Waals surface area contributed by atoms with Crippen molar-refractivity contribution >= 4 is 22.4 Å². The molecule has 0 spiro atoms. The molecule has 1 fully saturated rings. The highest BCUT2D eigenvalue weighted by atomic mass is 32.1. The van der Waals surface area contributed by atoms with E-state index in [9.17, 15) is 0 Å². The Kier molecular flexibility index (Phi) is 4.36. The highest BCUT2D eigenvalue weighted by Crippen LogP contribution is 2.38. The molecule has 2 aromatic heterocycles. The van der Waals surface area contributed by atoms with Crippen LogP contribution in [0.4, 0.5) is 10.8 Å². The Bertz CT molecular complexity index is 577. The molecule has 3 rings (SSSR count). The van der Waals surface area contributed by atoms with Crippen molar-refractivity contribution in [2.24, 2.45) is 0 Å². The summed E-state index contributed by atoms with van der Waals surface area (Å²) in [5.41, 5.74) is 8.19. The summed E-state index contributed by atoms with van der Waals surface area (Å²) in [5, 5.41) is 1.14. The first-order valence-electron chi connectivity index (χ1n) is 7.35. The molecule has 0 atom stereocenters. The van der Waals surface area contributed by atoms with Gasteiger partial charge in [-0.05, 0) is 55.2 Å². The molecule has 0 aliphatic carbocycles. The lowest BCUT2D eigenvalue weighted by molar-refractivity contribution is 0.347. The zero-order valence-corrected chi connectivity index (χ0v) is 13.1. The number of hydrogen-bond donors (Lipinski definition) is 1. The van der Waals surface area contributed by atoms with Crippen molar-refractivity contribution in [3.8, 4) is 11.1 Å². The van der Waals surface area contributed by atoms with E-state index in [1.54, 1.807) is 12.4 Å². The predicted octanol–water partition coefficient (Wildman–Crippen LogP) is 2.32. The Balaban J connectivity index is 1.75. The molecular formula is C15H21N5S. The number of nitrogens with zero attached hydrogens (tertiary/aromatic N) is 4. The van der Waals surface area contributed by atoms with Gasteiger partial charge in [0.25, 0.3) is 0 Å². The number of likely N-dealkylation sites (N-methyl/N-ethyl adjacent to an activating group) is 1. The Hall–Kier alpha value is -1.66. The third-order valence-corrected chi connectivity index (χ3v) is 4.94. The standard InChI is InChI=1S/C15H21N5S/c1-19(10-11-20-8-2-3-9-20)15-13(14(16)18-21-15)12-4-6-17-7-5-12/h4-7H,2-3,8-11H2,1H3,(H2,16,18). The van der Waals surface area contributed by atoms with E-state index in [1.165, 1.54) is 37.5 Å². The molecule has 0 bridgehead atoms. The molecule has 0 unspecified atom stereocenters. The topological polar surface area (TPSA) is 58.3 Å². The van der Waals surface area contributed by atoms with Crippen LogP contribution in [0.1, 0.15) is 12.8 Å². The summed E-state index contributed by atoms with van der Waals surface area (Å²) >= 11 is 1.47. The first-order valence-corrected chi connectivity index (χ1v) is 8.12. The first-order chi connectivity index (χ1) is 10.3. The summed E-state index contributed by atoms with van der Waals surface area (Å²) in [6, 6.07) is 3.97. The van der Waals surface area contributed by atoms with Gasteiger partial charge in [0.2, 0.25) is 0 Å². The van der Waals surface area contributed by atoms with Crippen LogP contribution in [0.25, 0.3) is 11.1 Å². The van der Waals surface area contributed by atoms with Crippen molar-refractivity contribution in [1.29, 1.82) is 0 Å². The van der Waals surface area contributed by atoms with Crippen LogP contribution in [-0.2, 0) is 0 Å². The number of aromatic nitrogens is 2. The van der Waals surface area contributed by atoms with E-state index in [0.717, 1.165) is 29.2 Å². The summed E-state index contributed by atoms with van der Waals surface area (Å²) in [4.78, 5) is 8.86. The van der Waals surface area contributed by atoms with E-state index in [1.807, 2.05) is 12.1 Å². The maximum absolute atomic E-state index is 6.07. The van der Waals surface area contributed by atoms with Gasteiger partial charge in [0.05, 0.1) is 5.56 Å². The van der Waals surface area contributed by atoms with Crippen molar-refractivity contribution in [2.45, 2.75) is 12.8 Å². The van der Waals surface area contributed by atoms with Gasteiger partial charge in [-0.25, -0.2) is 0 Å². The van der Waals surface area contributed by atoms with Crippen molar-refractivity contribution < 1.29 is 0 Å². The van der Waals surface area contributed by atoms with E-state index in [-0.39, 0.29) is 0 Å². The van der Waals surface area contributed by atoms with Crippen LogP contribution in [0.3, 0.4) is 0 Å². The third kappa shape index (κ3) is 3.16. The molecule has 0 aromatic carbocycles. The predicted molar refractivity (Wildman–Crippen MR) is 88.7 cm³/mol. The van der Waals surface area contributed by atoms with Gasteiger partial charge < -0.3 is 15.5 Å². The monoisotopic (exact) mass is 303 g/mol. The van der Waals surface area contributed by atoms with Crippen LogP contribution >= 0.6 is 11.5 Å². The first kappa shape index (κ1) is 14.3. The van der Waals surface area contributed by atoms with Crippen molar-refractivity contribution in [2.75, 3.05) is 43.9 Å². The lowest BCUT2D eigenvalue weighted by Crippen LogP contribution is -2.31. The second kappa shape index (κ2) is 6.41.